The van der Waals surface area contributed by atoms with Gasteiger partial charge in [-0.2, -0.15) is 0 Å². The summed E-state index contributed by atoms with van der Waals surface area (Å²) in [5.41, 5.74) is -0.734. The van der Waals surface area contributed by atoms with E-state index in [1.807, 2.05) is 0 Å². The van der Waals surface area contributed by atoms with Crippen molar-refractivity contribution in [2.75, 3.05) is 13.6 Å². The van der Waals surface area contributed by atoms with Gasteiger partial charge in [-0.25, -0.2) is 0 Å². The summed E-state index contributed by atoms with van der Waals surface area (Å²) >= 11 is 0. The highest BCUT2D eigenvalue weighted by molar-refractivity contribution is 5.82. The smallest absolute Gasteiger partial charge is 0.137 e. The van der Waals surface area contributed by atoms with Crippen molar-refractivity contribution in [2.24, 2.45) is 11.8 Å². The van der Waals surface area contributed by atoms with Crippen LogP contribution in [0.3, 0.4) is 0 Å². The summed E-state index contributed by atoms with van der Waals surface area (Å²) in [6.07, 6.45) is 5.23. The predicted molar refractivity (Wildman–Crippen MR) is 65.7 cm³/mol. The van der Waals surface area contributed by atoms with Gasteiger partial charge in [0.1, 0.15) is 5.78 Å². The number of piperidine rings is 1. The lowest BCUT2D eigenvalue weighted by molar-refractivity contribution is -0.189. The van der Waals surface area contributed by atoms with Gasteiger partial charge in [0.25, 0.3) is 0 Å². The molecule has 2 bridgehead atoms. The molecule has 96 valence electrons. The van der Waals surface area contributed by atoms with E-state index in [0.717, 1.165) is 32.2 Å². The van der Waals surface area contributed by atoms with Crippen LogP contribution in [-0.4, -0.2) is 40.5 Å². The fourth-order valence-corrected chi connectivity index (χ4v) is 5.05. The van der Waals surface area contributed by atoms with Crippen LogP contribution in [0.4, 0.5) is 0 Å². The highest BCUT2D eigenvalue weighted by Crippen LogP contribution is 2.56. The van der Waals surface area contributed by atoms with Crippen LogP contribution in [0.25, 0.3) is 0 Å². The van der Waals surface area contributed by atoms with Crippen LogP contribution in [0.2, 0.25) is 0 Å². The minimum Gasteiger partial charge on any atom is -0.389 e. The van der Waals surface area contributed by atoms with Crippen LogP contribution in [0.15, 0.2) is 0 Å². The zero-order valence-electron chi connectivity index (χ0n) is 10.9. The fraction of sp³-hybridized carbons (Fsp3) is 0.929. The van der Waals surface area contributed by atoms with E-state index < -0.39 is 5.60 Å². The topological polar surface area (TPSA) is 40.5 Å². The Morgan fingerprint density at radius 1 is 1.35 bits per heavy atom. The number of carbonyl (C=O) groups is 1. The first-order valence-electron chi connectivity index (χ1n) is 6.92. The number of aliphatic hydroxyl groups is 1. The maximum absolute atomic E-state index is 12.0. The molecule has 3 nitrogen and oxygen atoms in total. The molecule has 2 saturated carbocycles. The van der Waals surface area contributed by atoms with Gasteiger partial charge in [0.2, 0.25) is 0 Å². The third kappa shape index (κ3) is 1.52. The molecule has 3 rings (SSSR count). The van der Waals surface area contributed by atoms with E-state index in [9.17, 15) is 9.90 Å². The summed E-state index contributed by atoms with van der Waals surface area (Å²) in [6.45, 7) is 3.30. The van der Waals surface area contributed by atoms with Gasteiger partial charge < -0.3 is 5.11 Å². The lowest BCUT2D eigenvalue weighted by atomic mass is 9.52. The molecule has 0 radical (unpaired) electrons. The number of Topliss-reactive ketones (excluding diaryl/α,β-unsaturated/α-hetero) is 1. The van der Waals surface area contributed by atoms with E-state index in [4.69, 9.17) is 0 Å². The molecule has 1 heterocycles. The molecule has 0 aromatic rings. The van der Waals surface area contributed by atoms with Crippen LogP contribution < -0.4 is 0 Å². The zero-order chi connectivity index (χ0) is 12.3. The second-order valence-corrected chi connectivity index (χ2v) is 6.73. The number of carbonyl (C=O) groups excluding carboxylic acids is 1. The molecule has 0 amide bonds. The molecular formula is C14H23NO2. The minimum absolute atomic E-state index is 0.0278. The number of rotatable bonds is 0. The molecule has 0 aromatic heterocycles. The van der Waals surface area contributed by atoms with Crippen LogP contribution in [0, 0.1) is 11.8 Å². The highest BCUT2D eigenvalue weighted by atomic mass is 16.3. The Bertz CT molecular complexity index is 356. The fourth-order valence-electron chi connectivity index (χ4n) is 5.05. The zero-order valence-corrected chi connectivity index (χ0v) is 10.9. The molecule has 0 aromatic carbocycles. The van der Waals surface area contributed by atoms with Gasteiger partial charge in [0.15, 0.2) is 0 Å². The van der Waals surface area contributed by atoms with E-state index in [-0.39, 0.29) is 11.3 Å². The third-order valence-electron chi connectivity index (χ3n) is 5.45. The molecule has 3 fully saturated rings. The van der Waals surface area contributed by atoms with Gasteiger partial charge in [0, 0.05) is 24.3 Å². The van der Waals surface area contributed by atoms with E-state index in [1.165, 1.54) is 0 Å². The Morgan fingerprint density at radius 2 is 2.12 bits per heavy atom. The summed E-state index contributed by atoms with van der Waals surface area (Å²) in [5, 5.41) is 10.9. The number of likely N-dealkylation sites (tertiary alicyclic amines) is 1. The minimum atomic E-state index is -0.707. The highest BCUT2D eigenvalue weighted by Gasteiger charge is 2.61. The number of nitrogens with zero attached hydrogens (tertiary/aromatic N) is 1. The van der Waals surface area contributed by atoms with Crippen molar-refractivity contribution < 1.29 is 9.90 Å². The molecule has 1 N–H and O–H groups in total. The van der Waals surface area contributed by atoms with Crippen molar-refractivity contribution in [3.63, 3.8) is 0 Å². The van der Waals surface area contributed by atoms with Crippen LogP contribution in [0.5, 0.6) is 0 Å². The molecule has 17 heavy (non-hydrogen) atoms. The van der Waals surface area contributed by atoms with Gasteiger partial charge in [-0.1, -0.05) is 6.92 Å². The van der Waals surface area contributed by atoms with E-state index in [1.54, 1.807) is 0 Å². The van der Waals surface area contributed by atoms with E-state index in [2.05, 4.69) is 18.9 Å². The third-order valence-corrected chi connectivity index (χ3v) is 5.45. The number of hydrogen-bond donors (Lipinski definition) is 1. The molecule has 2 aliphatic carbocycles. The Kier molecular flexibility index (Phi) is 2.43. The second kappa shape index (κ2) is 3.55. The average Bonchev–Trinajstić information content (AvgIpc) is 2.17. The number of ketones is 1. The summed E-state index contributed by atoms with van der Waals surface area (Å²) in [7, 11) is 2.14. The standard InChI is InChI=1S/C14H23NO2/c1-10-6-13-8-11(16)9-14(17,7-10)12(13)4-3-5-15(13)2/h10,12,17H,3-9H2,1-2H3/t10-,12-,13-,14+/m0/s1. The number of hydrogen-bond acceptors (Lipinski definition) is 3. The average molecular weight is 237 g/mol. The van der Waals surface area contributed by atoms with Crippen molar-refractivity contribution in [1.82, 2.24) is 4.90 Å². The van der Waals surface area contributed by atoms with Crippen LogP contribution >= 0.6 is 0 Å². The van der Waals surface area contributed by atoms with Crippen molar-refractivity contribution in [2.45, 2.75) is 56.6 Å². The molecule has 1 aliphatic heterocycles. The first-order chi connectivity index (χ1) is 7.96. The largest absolute Gasteiger partial charge is 0.389 e. The maximum Gasteiger partial charge on any atom is 0.137 e. The normalized spacial score (nSPS) is 51.1. The van der Waals surface area contributed by atoms with Crippen molar-refractivity contribution in [1.29, 1.82) is 0 Å². The molecule has 0 unspecified atom stereocenters. The van der Waals surface area contributed by atoms with Crippen LogP contribution in [0.1, 0.15) is 45.4 Å². The van der Waals surface area contributed by atoms with E-state index in [0.29, 0.717) is 24.7 Å². The monoisotopic (exact) mass is 237 g/mol. The molecule has 4 atom stereocenters. The SMILES string of the molecule is C[C@@H]1C[C@@]2(O)CC(=O)C[C@@]3(C1)[C@@H]2CCCN3C. The Hall–Kier alpha value is -0.410. The lowest BCUT2D eigenvalue weighted by Gasteiger charge is -2.63. The van der Waals surface area contributed by atoms with Gasteiger partial charge in [0.05, 0.1) is 5.60 Å². The Morgan fingerprint density at radius 3 is 2.88 bits per heavy atom. The van der Waals surface area contributed by atoms with E-state index >= 15 is 0 Å². The molecule has 1 saturated heterocycles. The van der Waals surface area contributed by atoms with Gasteiger partial charge in [-0.3, -0.25) is 9.69 Å². The Balaban J connectivity index is 2.06. The first kappa shape index (κ1) is 11.7. The van der Waals surface area contributed by atoms with Crippen molar-refractivity contribution in [3.8, 4) is 0 Å². The van der Waals surface area contributed by atoms with Crippen molar-refractivity contribution in [3.05, 3.63) is 0 Å². The van der Waals surface area contributed by atoms with Gasteiger partial charge in [-0.15, -0.1) is 0 Å². The summed E-state index contributed by atoms with van der Waals surface area (Å²) < 4.78 is 0. The van der Waals surface area contributed by atoms with Crippen LogP contribution in [-0.2, 0) is 4.79 Å². The van der Waals surface area contributed by atoms with Crippen molar-refractivity contribution >= 4 is 5.78 Å². The lowest BCUT2D eigenvalue weighted by Crippen LogP contribution is -2.70. The quantitative estimate of drug-likeness (QED) is 0.695. The maximum atomic E-state index is 12.0. The van der Waals surface area contributed by atoms with Gasteiger partial charge in [-0.05, 0) is 45.2 Å². The first-order valence-corrected chi connectivity index (χ1v) is 6.92. The van der Waals surface area contributed by atoms with Gasteiger partial charge >= 0.3 is 0 Å². The predicted octanol–water partition coefficient (Wildman–Crippen LogP) is 1.59. The summed E-state index contributed by atoms with van der Waals surface area (Å²) in [6, 6.07) is 0. The molecule has 0 spiro atoms. The Labute approximate surface area is 103 Å². The summed E-state index contributed by atoms with van der Waals surface area (Å²) in [5.74, 6) is 1.12. The summed E-state index contributed by atoms with van der Waals surface area (Å²) in [4.78, 5) is 14.4. The molecular weight excluding hydrogens is 214 g/mol. The molecule has 3 aliphatic rings. The molecule has 3 heteroatoms. The second-order valence-electron chi connectivity index (χ2n) is 6.73.